The van der Waals surface area contributed by atoms with E-state index >= 15 is 0 Å². The van der Waals surface area contributed by atoms with Gasteiger partial charge < -0.3 is 10.1 Å². The zero-order chi connectivity index (χ0) is 17.6. The third-order valence-corrected chi connectivity index (χ3v) is 3.80. The van der Waals surface area contributed by atoms with Gasteiger partial charge in [0.05, 0.1) is 11.7 Å². The van der Waals surface area contributed by atoms with Gasteiger partial charge in [-0.05, 0) is 47.2 Å². The number of rotatable bonds is 6. The molecule has 25 heavy (non-hydrogen) atoms. The molecule has 0 fully saturated rings. The number of hydrogen-bond acceptors (Lipinski definition) is 5. The Labute approximate surface area is 149 Å². The molecule has 1 amide bonds. The molecule has 2 aromatic carbocycles. The molecule has 1 unspecified atom stereocenters. The van der Waals surface area contributed by atoms with Gasteiger partial charge in [0.1, 0.15) is 12.1 Å². The van der Waals surface area contributed by atoms with Crippen LogP contribution in [0.2, 0.25) is 5.02 Å². The number of halogens is 1. The lowest BCUT2D eigenvalue weighted by atomic mass is 10.1. The summed E-state index contributed by atoms with van der Waals surface area (Å²) >= 11 is 5.87. The number of nitrogens with zero attached hydrogens (tertiary/aromatic N) is 4. The molecule has 0 aliphatic heterocycles. The van der Waals surface area contributed by atoms with Gasteiger partial charge in [0, 0.05) is 11.1 Å². The lowest BCUT2D eigenvalue weighted by molar-refractivity contribution is -0.123. The van der Waals surface area contributed by atoms with E-state index in [0.29, 0.717) is 10.8 Å². The summed E-state index contributed by atoms with van der Waals surface area (Å²) in [6.45, 7) is 1.82. The number of amides is 1. The summed E-state index contributed by atoms with van der Waals surface area (Å²) in [5.41, 5.74) is 1.72. The molecule has 0 spiro atoms. The minimum Gasteiger partial charge on any atom is -0.484 e. The van der Waals surface area contributed by atoms with Crippen LogP contribution in [0.1, 0.15) is 18.5 Å². The molecule has 3 rings (SSSR count). The molecule has 0 radical (unpaired) electrons. The first-order valence-electron chi connectivity index (χ1n) is 7.63. The number of tetrazole rings is 1. The molecule has 1 atom stereocenters. The Morgan fingerprint density at radius 2 is 2.08 bits per heavy atom. The number of hydrogen-bond donors (Lipinski definition) is 1. The number of carbonyl (C=O) groups is 1. The van der Waals surface area contributed by atoms with Gasteiger partial charge in [0.2, 0.25) is 0 Å². The predicted octanol–water partition coefficient (Wildman–Crippen LogP) is 2.57. The van der Waals surface area contributed by atoms with Gasteiger partial charge in [0.15, 0.2) is 6.61 Å². The molecule has 3 aromatic rings. The largest absolute Gasteiger partial charge is 0.484 e. The fraction of sp³-hybridized carbons (Fsp3) is 0.176. The maximum atomic E-state index is 12.1. The molecular formula is C17H16ClN5O2. The highest BCUT2D eigenvalue weighted by Gasteiger charge is 2.10. The van der Waals surface area contributed by atoms with Crippen molar-refractivity contribution in [2.75, 3.05) is 6.61 Å². The van der Waals surface area contributed by atoms with Crippen molar-refractivity contribution in [3.8, 4) is 11.4 Å². The van der Waals surface area contributed by atoms with Gasteiger partial charge in [-0.25, -0.2) is 4.68 Å². The quantitative estimate of drug-likeness (QED) is 0.733. The second-order valence-corrected chi connectivity index (χ2v) is 5.82. The molecular weight excluding hydrogens is 342 g/mol. The molecule has 0 aliphatic carbocycles. The van der Waals surface area contributed by atoms with E-state index in [-0.39, 0.29) is 18.6 Å². The number of nitrogens with one attached hydrogen (secondary N) is 1. The summed E-state index contributed by atoms with van der Waals surface area (Å²) < 4.78 is 7.06. The van der Waals surface area contributed by atoms with Crippen molar-refractivity contribution in [2.45, 2.75) is 13.0 Å². The van der Waals surface area contributed by atoms with Crippen LogP contribution in [0.3, 0.4) is 0 Å². The Kier molecular flexibility index (Phi) is 5.25. The van der Waals surface area contributed by atoms with Crippen molar-refractivity contribution in [3.63, 3.8) is 0 Å². The minimum absolute atomic E-state index is 0.0863. The van der Waals surface area contributed by atoms with Crippen LogP contribution in [-0.4, -0.2) is 32.7 Å². The van der Waals surface area contributed by atoms with E-state index in [4.69, 9.17) is 16.3 Å². The smallest absolute Gasteiger partial charge is 0.258 e. The van der Waals surface area contributed by atoms with Gasteiger partial charge in [-0.15, -0.1) is 5.10 Å². The molecule has 0 saturated heterocycles. The highest BCUT2D eigenvalue weighted by molar-refractivity contribution is 6.30. The van der Waals surface area contributed by atoms with E-state index in [1.807, 2.05) is 25.1 Å². The first kappa shape index (κ1) is 16.9. The second kappa shape index (κ2) is 7.76. The summed E-state index contributed by atoms with van der Waals surface area (Å²) in [4.78, 5) is 12.1. The van der Waals surface area contributed by atoms with Gasteiger partial charge in [-0.3, -0.25) is 4.79 Å². The van der Waals surface area contributed by atoms with E-state index in [1.165, 1.54) is 11.0 Å². The van der Waals surface area contributed by atoms with Crippen LogP contribution in [0.15, 0.2) is 54.9 Å². The van der Waals surface area contributed by atoms with Crippen molar-refractivity contribution in [2.24, 2.45) is 0 Å². The van der Waals surface area contributed by atoms with Crippen molar-refractivity contribution in [3.05, 3.63) is 65.4 Å². The molecule has 0 bridgehead atoms. The summed E-state index contributed by atoms with van der Waals surface area (Å²) in [5.74, 6) is 0.345. The summed E-state index contributed by atoms with van der Waals surface area (Å²) in [5, 5.41) is 14.5. The lowest BCUT2D eigenvalue weighted by Crippen LogP contribution is -2.31. The average molecular weight is 358 g/mol. The van der Waals surface area contributed by atoms with Crippen molar-refractivity contribution in [1.29, 1.82) is 0 Å². The van der Waals surface area contributed by atoms with Crippen LogP contribution in [0.4, 0.5) is 0 Å². The Hall–Kier alpha value is -2.93. The van der Waals surface area contributed by atoms with E-state index in [0.717, 1.165) is 11.3 Å². The van der Waals surface area contributed by atoms with Gasteiger partial charge in [0.25, 0.3) is 5.91 Å². The molecule has 0 saturated carbocycles. The zero-order valence-corrected chi connectivity index (χ0v) is 14.2. The molecule has 1 N–H and O–H groups in total. The van der Waals surface area contributed by atoms with Crippen LogP contribution in [0.5, 0.6) is 5.75 Å². The Bertz CT molecular complexity index is 837. The molecule has 0 aliphatic rings. The zero-order valence-electron chi connectivity index (χ0n) is 13.5. The summed E-state index contributed by atoms with van der Waals surface area (Å²) in [6.07, 6.45) is 1.49. The predicted molar refractivity (Wildman–Crippen MR) is 92.7 cm³/mol. The van der Waals surface area contributed by atoms with E-state index in [2.05, 4.69) is 20.8 Å². The fourth-order valence-electron chi connectivity index (χ4n) is 2.26. The summed E-state index contributed by atoms with van der Waals surface area (Å²) in [6, 6.07) is 14.4. The molecule has 8 heteroatoms. The monoisotopic (exact) mass is 357 g/mol. The molecule has 7 nitrogen and oxygen atoms in total. The fourth-order valence-corrected chi connectivity index (χ4v) is 2.39. The Balaban J connectivity index is 1.55. The normalized spacial score (nSPS) is 11.8. The number of benzene rings is 2. The number of carbonyl (C=O) groups excluding carboxylic acids is 1. The van der Waals surface area contributed by atoms with Gasteiger partial charge in [-0.1, -0.05) is 29.8 Å². The average Bonchev–Trinajstić information content (AvgIpc) is 3.15. The van der Waals surface area contributed by atoms with Gasteiger partial charge in [-0.2, -0.15) is 0 Å². The van der Waals surface area contributed by atoms with Crippen LogP contribution in [-0.2, 0) is 4.79 Å². The first-order chi connectivity index (χ1) is 12.1. The summed E-state index contributed by atoms with van der Waals surface area (Å²) in [7, 11) is 0. The standard InChI is InChI=1S/C17H16ClN5O2/c1-12(13-5-7-14(18)8-6-13)20-17(24)10-25-16-4-2-3-15(9-16)23-11-19-21-22-23/h2-9,11-12H,10H2,1H3,(H,20,24). The van der Waals surface area contributed by atoms with Gasteiger partial charge >= 0.3 is 0 Å². The van der Waals surface area contributed by atoms with Crippen LogP contribution >= 0.6 is 11.6 Å². The van der Waals surface area contributed by atoms with Crippen LogP contribution in [0, 0.1) is 0 Å². The highest BCUT2D eigenvalue weighted by Crippen LogP contribution is 2.17. The van der Waals surface area contributed by atoms with Crippen molar-refractivity contribution in [1.82, 2.24) is 25.5 Å². The SMILES string of the molecule is CC(NC(=O)COc1cccc(-n2cnnn2)c1)c1ccc(Cl)cc1. The third kappa shape index (κ3) is 4.54. The molecule has 128 valence electrons. The maximum Gasteiger partial charge on any atom is 0.258 e. The first-order valence-corrected chi connectivity index (χ1v) is 8.00. The van der Waals surface area contributed by atoms with Crippen molar-refractivity contribution >= 4 is 17.5 Å². The van der Waals surface area contributed by atoms with Crippen LogP contribution in [0.25, 0.3) is 5.69 Å². The van der Waals surface area contributed by atoms with E-state index < -0.39 is 0 Å². The Morgan fingerprint density at radius 3 is 2.80 bits per heavy atom. The topological polar surface area (TPSA) is 81.9 Å². The van der Waals surface area contributed by atoms with E-state index in [9.17, 15) is 4.79 Å². The molecule has 1 heterocycles. The lowest BCUT2D eigenvalue weighted by Gasteiger charge is -2.15. The highest BCUT2D eigenvalue weighted by atomic mass is 35.5. The van der Waals surface area contributed by atoms with Crippen molar-refractivity contribution < 1.29 is 9.53 Å². The molecule has 1 aromatic heterocycles. The minimum atomic E-state index is -0.213. The van der Waals surface area contributed by atoms with E-state index in [1.54, 1.807) is 30.3 Å². The number of ether oxygens (including phenoxy) is 1. The Morgan fingerprint density at radius 1 is 1.28 bits per heavy atom. The second-order valence-electron chi connectivity index (χ2n) is 5.38. The van der Waals surface area contributed by atoms with Crippen LogP contribution < -0.4 is 10.1 Å². The third-order valence-electron chi connectivity index (χ3n) is 3.55. The number of aromatic nitrogens is 4. The maximum absolute atomic E-state index is 12.1.